The summed E-state index contributed by atoms with van der Waals surface area (Å²) < 4.78 is 1.60. The van der Waals surface area contributed by atoms with Gasteiger partial charge in [-0.1, -0.05) is 17.2 Å². The maximum absolute atomic E-state index is 11.0. The van der Waals surface area contributed by atoms with Gasteiger partial charge in [-0.15, -0.1) is 0 Å². The minimum Gasteiger partial charge on any atom is -0.508 e. The summed E-state index contributed by atoms with van der Waals surface area (Å²) in [4.78, 5) is 48.2. The molecule has 11 nitrogen and oxygen atoms in total. The fourth-order valence-corrected chi connectivity index (χ4v) is 2.92. The molecule has 0 bridgehead atoms. The molecule has 0 radical (unpaired) electrons. The molecule has 0 aliphatic carbocycles. The third kappa shape index (κ3) is 8.37. The highest BCUT2D eigenvalue weighted by Gasteiger charge is 2.40. The normalized spacial score (nSPS) is 17.0. The van der Waals surface area contributed by atoms with Crippen molar-refractivity contribution < 1.29 is 39.3 Å². The zero-order chi connectivity index (χ0) is 22.1. The average Bonchev–Trinajstić information content (AvgIpc) is 2.87. The van der Waals surface area contributed by atoms with Crippen LogP contribution in [0.1, 0.15) is 18.4 Å². The van der Waals surface area contributed by atoms with E-state index in [1.165, 1.54) is 0 Å². The monoisotopic (exact) mass is 635 g/mol. The first kappa shape index (κ1) is 25.5. The lowest BCUT2D eigenvalue weighted by atomic mass is 10.1. The predicted octanol–water partition coefficient (Wildman–Crippen LogP) is 0.303. The van der Waals surface area contributed by atoms with Gasteiger partial charge in [0, 0.05) is 58.7 Å². The third-order valence-corrected chi connectivity index (χ3v) is 4.85. The Kier molecular flexibility index (Phi) is 10.7. The lowest BCUT2D eigenvalue weighted by Gasteiger charge is -2.15. The molecule has 0 saturated carbocycles. The van der Waals surface area contributed by atoms with Crippen molar-refractivity contribution in [2.75, 3.05) is 6.54 Å². The number of aromatic hydroxyl groups is 1. The Morgan fingerprint density at radius 1 is 1.28 bits per heavy atom. The molecule has 2 rings (SSSR count). The summed E-state index contributed by atoms with van der Waals surface area (Å²) in [6.45, 7) is 0.0671. The fraction of sp³-hybridized carbons (Fsp3) is 0.375. The number of hydroxylamine groups is 2. The van der Waals surface area contributed by atoms with Crippen LogP contribution in [0.5, 0.6) is 5.75 Å². The van der Waals surface area contributed by atoms with Gasteiger partial charge in [-0.25, -0.2) is 4.79 Å². The molecule has 13 heteroatoms. The first-order chi connectivity index (χ1) is 13.6. The number of carbonyl (C=O) groups excluding carboxylic acids is 3. The second-order valence-corrected chi connectivity index (χ2v) is 9.66. The Balaban J connectivity index is 0.000000291. The van der Waals surface area contributed by atoms with Crippen LogP contribution < -0.4 is 5.73 Å². The van der Waals surface area contributed by atoms with Crippen molar-refractivity contribution in [3.8, 4) is 5.75 Å². The number of carboxylic acid groups (broad SMARTS) is 1. The number of carboxylic acids is 1. The van der Waals surface area contributed by atoms with E-state index in [1.807, 2.05) is 45.7 Å². The molecule has 1 aliphatic rings. The minimum absolute atomic E-state index is 0.0671. The smallest absolute Gasteiger partial charge is 0.334 e. The topological polar surface area (TPSA) is 171 Å². The van der Waals surface area contributed by atoms with Gasteiger partial charge in [0.2, 0.25) is 0 Å². The molecule has 5 N–H and O–H groups in total. The number of amides is 2. The van der Waals surface area contributed by atoms with Gasteiger partial charge >= 0.3 is 11.9 Å². The number of hydrogen-bond acceptors (Lipinski definition) is 9. The number of aliphatic hydroxyl groups is 1. The van der Waals surface area contributed by atoms with Crippen molar-refractivity contribution in [2.24, 2.45) is 5.73 Å². The number of hydrogen-bond donors (Lipinski definition) is 4. The van der Waals surface area contributed by atoms with E-state index in [0.717, 1.165) is 5.56 Å². The molecule has 1 aliphatic heterocycles. The molecular weight excluding hydrogens is 616 g/mol. The molecule has 2 atom stereocenters. The van der Waals surface area contributed by atoms with E-state index >= 15 is 0 Å². The Bertz CT molecular complexity index is 744. The number of nitrogens with two attached hydrogens (primary N) is 1. The van der Waals surface area contributed by atoms with E-state index in [-0.39, 0.29) is 30.2 Å². The Labute approximate surface area is 193 Å². The van der Waals surface area contributed by atoms with Gasteiger partial charge in [0.15, 0.2) is 0 Å². The van der Waals surface area contributed by atoms with E-state index in [9.17, 15) is 19.2 Å². The number of imide groups is 1. The molecule has 160 valence electrons. The zero-order valence-corrected chi connectivity index (χ0v) is 19.2. The van der Waals surface area contributed by atoms with E-state index in [4.69, 9.17) is 21.1 Å². The molecule has 2 unspecified atom stereocenters. The van der Waals surface area contributed by atoms with Crippen LogP contribution in [0.15, 0.2) is 24.3 Å². The number of phenols is 1. The molecule has 2 amide bonds. The Morgan fingerprint density at radius 3 is 2.28 bits per heavy atom. The molecule has 1 heterocycles. The molecule has 29 heavy (non-hydrogen) atoms. The Hall–Kier alpha value is -1.56. The van der Waals surface area contributed by atoms with Gasteiger partial charge < -0.3 is 25.9 Å². The summed E-state index contributed by atoms with van der Waals surface area (Å²) in [5, 5.41) is 27.3. The largest absolute Gasteiger partial charge is 0.508 e. The van der Waals surface area contributed by atoms with Crippen LogP contribution in [0, 0.1) is 0 Å². The van der Waals surface area contributed by atoms with Crippen LogP contribution in [-0.2, 0) is 30.4 Å². The number of nitrogens with zero attached hydrogens (tertiary/aromatic N) is 2. The van der Waals surface area contributed by atoms with E-state index in [0.29, 0.717) is 6.42 Å². The molecule has 0 aromatic heterocycles. The SMILES string of the molecule is NCCC(=O)ON1C(=O)CC(O)C1=O.O=C(O)C(Cc1ccc(O)cc1)N(I)I. The summed E-state index contributed by atoms with van der Waals surface area (Å²) in [6.07, 6.45) is -1.43. The van der Waals surface area contributed by atoms with Crippen LogP contribution in [0.2, 0.25) is 0 Å². The molecule has 1 aromatic carbocycles. The van der Waals surface area contributed by atoms with Crippen molar-refractivity contribution in [3.63, 3.8) is 0 Å². The molecule has 1 saturated heterocycles. The highest BCUT2D eigenvalue weighted by Crippen LogP contribution is 2.19. The second-order valence-electron chi connectivity index (χ2n) is 5.73. The molecule has 1 aromatic rings. The van der Waals surface area contributed by atoms with Gasteiger partial charge in [-0.3, -0.25) is 14.4 Å². The van der Waals surface area contributed by atoms with Crippen LogP contribution in [-0.4, -0.2) is 64.2 Å². The van der Waals surface area contributed by atoms with Crippen molar-refractivity contribution in [3.05, 3.63) is 29.8 Å². The van der Waals surface area contributed by atoms with Crippen LogP contribution in [0.4, 0.5) is 0 Å². The van der Waals surface area contributed by atoms with E-state index < -0.39 is 35.9 Å². The summed E-state index contributed by atoms with van der Waals surface area (Å²) in [6, 6.07) is 6.00. The fourth-order valence-electron chi connectivity index (χ4n) is 2.05. The number of halogens is 2. The maximum atomic E-state index is 11.0. The standard InChI is InChI=1S/C9H9I2NO3.C7H10N2O5/c10-12(11)8(9(14)15)5-6-1-3-7(13)4-2-6;8-2-1-6(12)14-9-5(11)3-4(10)7(9)13/h1-4,8,13H,5H2,(H,14,15);4,10H,1-3,8H2. The Morgan fingerprint density at radius 2 is 1.86 bits per heavy atom. The predicted molar refractivity (Wildman–Crippen MR) is 115 cm³/mol. The number of benzene rings is 1. The molecule has 0 spiro atoms. The van der Waals surface area contributed by atoms with Crippen molar-refractivity contribution in [1.29, 1.82) is 0 Å². The highest BCUT2D eigenvalue weighted by molar-refractivity contribution is 14.2. The van der Waals surface area contributed by atoms with Crippen molar-refractivity contribution >= 4 is 69.5 Å². The van der Waals surface area contributed by atoms with Gasteiger partial charge in [0.05, 0.1) is 12.8 Å². The first-order valence-corrected chi connectivity index (χ1v) is 10.1. The maximum Gasteiger partial charge on any atom is 0.334 e. The number of aliphatic carboxylic acids is 1. The lowest BCUT2D eigenvalue weighted by molar-refractivity contribution is -0.198. The van der Waals surface area contributed by atoms with Gasteiger partial charge in [0.25, 0.3) is 11.8 Å². The summed E-state index contributed by atoms with van der Waals surface area (Å²) in [7, 11) is 0. The number of rotatable bonds is 7. The van der Waals surface area contributed by atoms with Gasteiger partial charge in [-0.2, -0.15) is 1.33 Å². The van der Waals surface area contributed by atoms with Crippen molar-refractivity contribution in [2.45, 2.75) is 31.4 Å². The van der Waals surface area contributed by atoms with E-state index in [1.54, 1.807) is 25.6 Å². The first-order valence-electron chi connectivity index (χ1n) is 8.14. The lowest BCUT2D eigenvalue weighted by Crippen LogP contribution is -2.34. The second kappa shape index (κ2) is 12.2. The number of phenolic OH excluding ortho intramolecular Hbond substituents is 1. The van der Waals surface area contributed by atoms with Gasteiger partial charge in [0.1, 0.15) is 17.9 Å². The summed E-state index contributed by atoms with van der Waals surface area (Å²) in [5.74, 6) is -3.09. The van der Waals surface area contributed by atoms with Crippen molar-refractivity contribution in [1.82, 2.24) is 6.39 Å². The summed E-state index contributed by atoms with van der Waals surface area (Å²) in [5.41, 5.74) is 5.95. The summed E-state index contributed by atoms with van der Waals surface area (Å²) >= 11 is 3.89. The number of aliphatic hydroxyl groups excluding tert-OH is 1. The average molecular weight is 635 g/mol. The van der Waals surface area contributed by atoms with Gasteiger partial charge in [-0.05, 0) is 17.7 Å². The minimum atomic E-state index is -1.41. The molecular formula is C16H19I2N3O8. The van der Waals surface area contributed by atoms with Crippen LogP contribution in [0.25, 0.3) is 0 Å². The van der Waals surface area contributed by atoms with Crippen LogP contribution in [0.3, 0.4) is 0 Å². The highest BCUT2D eigenvalue weighted by atomic mass is 127. The van der Waals surface area contributed by atoms with Crippen LogP contribution >= 0.6 is 45.7 Å². The third-order valence-electron chi connectivity index (χ3n) is 3.51. The molecule has 1 fully saturated rings. The number of carbonyl (C=O) groups is 4. The van der Waals surface area contributed by atoms with E-state index in [2.05, 4.69) is 4.84 Å². The quantitative estimate of drug-likeness (QED) is 0.186. The zero-order valence-electron chi connectivity index (χ0n) is 14.9.